The molecule has 0 unspecified atom stereocenters. The Morgan fingerprint density at radius 2 is 0.796 bits per heavy atom. The first kappa shape index (κ1) is 82.7. The molecule has 2 aliphatic heterocycles. The van der Waals surface area contributed by atoms with Crippen LogP contribution in [-0.4, -0.2) is 228 Å². The highest BCUT2D eigenvalue weighted by Gasteiger charge is 2.39. The number of carbonyl (C=O) groups is 12. The zero-order chi connectivity index (χ0) is 80.5. The third-order valence-electron chi connectivity index (χ3n) is 18.8. The maximum Gasteiger partial charge on any atom is 0.256 e. The number of likely N-dealkylation sites (N-methyl/N-ethyl adjacent to an activating group) is 2. The fraction of sp³-hybridized carbons (Fsp3) is 0.360. The topological polar surface area (TPSA) is 544 Å². The number of para-hydroxylation sites is 2. The van der Waals surface area contributed by atoms with Crippen LogP contribution >= 0.6 is 21.6 Å². The van der Waals surface area contributed by atoms with Gasteiger partial charge in [-0.1, -0.05) is 119 Å². The molecule has 0 radical (unpaired) electrons. The molecule has 6 heterocycles. The predicted octanol–water partition coefficient (Wildman–Crippen LogP) is -1.49. The second-order valence-electron chi connectivity index (χ2n) is 27.3. The van der Waals surface area contributed by atoms with Crippen LogP contribution in [0.4, 0.5) is 0 Å². The van der Waals surface area contributed by atoms with Gasteiger partial charge in [0.25, 0.3) is 5.91 Å². The van der Waals surface area contributed by atoms with Crippen LogP contribution in [0.5, 0.6) is 0 Å². The van der Waals surface area contributed by atoms with Gasteiger partial charge in [-0.2, -0.15) is 0 Å². The first-order valence-corrected chi connectivity index (χ1v) is 38.9. The molecule has 596 valence electrons. The number of aromatic amines is 4. The third kappa shape index (κ3) is 24.1. The van der Waals surface area contributed by atoms with Gasteiger partial charge in [0.2, 0.25) is 65.0 Å². The van der Waals surface area contributed by atoms with Crippen LogP contribution in [0.25, 0.3) is 21.8 Å². The number of hydrogen-bond donors (Lipinski definition) is 20. The van der Waals surface area contributed by atoms with E-state index in [0.717, 1.165) is 20.6 Å². The number of rotatable bonds is 20. The van der Waals surface area contributed by atoms with Gasteiger partial charge in [-0.15, -0.1) is 0 Å². The molecule has 4 aromatic carbocycles. The summed E-state index contributed by atoms with van der Waals surface area (Å²) in [4.78, 5) is 205. The monoisotopic (exact) mass is 1580 g/mol. The quantitative estimate of drug-likeness (QED) is 0.0179. The van der Waals surface area contributed by atoms with Crippen molar-refractivity contribution < 1.29 is 57.5 Å². The van der Waals surface area contributed by atoms with Crippen molar-refractivity contribution in [3.8, 4) is 0 Å². The van der Waals surface area contributed by atoms with E-state index in [2.05, 4.69) is 93.7 Å². The van der Waals surface area contributed by atoms with Crippen molar-refractivity contribution in [3.63, 3.8) is 0 Å². The second kappa shape index (κ2) is 40.3. The van der Waals surface area contributed by atoms with E-state index in [1.807, 2.05) is 0 Å². The van der Waals surface area contributed by atoms with E-state index in [0.29, 0.717) is 66.2 Å². The summed E-state index contributed by atoms with van der Waals surface area (Å²) in [6.45, 7) is -1.50. The lowest BCUT2D eigenvalue weighted by molar-refractivity contribution is -0.139. The maximum atomic E-state index is 15.7. The fourth-order valence-corrected chi connectivity index (χ4v) is 15.4. The summed E-state index contributed by atoms with van der Waals surface area (Å²) in [5.41, 5.74) is 15.4. The number of imidazole rings is 2. The number of nitrogens with one attached hydrogen (secondary N) is 18. The Bertz CT molecular complexity index is 4390. The van der Waals surface area contributed by atoms with Gasteiger partial charge >= 0.3 is 0 Å². The molecule has 8 aromatic rings. The van der Waals surface area contributed by atoms with Gasteiger partial charge in [-0.05, 0) is 60.1 Å². The summed E-state index contributed by atoms with van der Waals surface area (Å²) in [6, 6.07) is 17.5. The smallest absolute Gasteiger partial charge is 0.256 e. The summed E-state index contributed by atoms with van der Waals surface area (Å²) in [5, 5.41) is 48.3. The lowest BCUT2D eigenvalue weighted by atomic mass is 10.0. The third-order valence-corrected chi connectivity index (χ3v) is 21.3. The Kier molecular flexibility index (Phi) is 29.5. The van der Waals surface area contributed by atoms with E-state index >= 15 is 38.4 Å². The van der Waals surface area contributed by atoms with E-state index in [1.54, 1.807) is 122 Å². The number of carbonyl (C=O) groups excluding carboxylic acids is 12. The largest absolute Gasteiger partial charge is 0.370 e. The van der Waals surface area contributed by atoms with Crippen LogP contribution in [0.3, 0.4) is 0 Å². The molecule has 2 saturated heterocycles. The van der Waals surface area contributed by atoms with Gasteiger partial charge < -0.3 is 105 Å². The molecule has 113 heavy (non-hydrogen) atoms. The van der Waals surface area contributed by atoms with E-state index in [1.165, 1.54) is 39.1 Å². The standard InChI is InChI=1S/C75H92N24O12S2/c1-98-37-61(100)88-58(31-46-35-80-40-86-46)68(107)92-55(28-43-17-7-4-8-18-43)66(105)91-53(24-14-26-83-75(78)79)64(103)95-57(30-45-34-85-51-22-12-10-20-49(45)51)70(109)97-71-73(111)99(2)38-62(101)89-59(32-47-36-81-41-87-47)69(108)93-54(27-42-15-5-3-6-16-42)65(104)90-52(23-13-25-82-74(76)77)63(102)94-56(67(106)96-60(72(98)110)39-112-113-71)29-44-33-84-50-21-11-9-19-48(44)50/h3-12,15-22,33-36,40-41,52-60,71,84-85H,13-14,23-32,37-39H2,1-2H3,(H,80,86)(H,81,87)(H,88,100)(H,89,101)(H,90,104)(H,91,105)(H,92,107)(H,93,108)(H,94,102)(H,95,103)(H,96,106)(H,97,109)(H4,76,77,82)(H4,78,79,83)/t52-,53-,54+,55+,56-,57-,58-,59-,60-,71-/m0/s1. The lowest BCUT2D eigenvalue weighted by Crippen LogP contribution is -2.61. The number of amides is 12. The Hall–Kier alpha value is -12.7. The molecule has 38 heteroatoms. The fourth-order valence-electron chi connectivity index (χ4n) is 13.0. The number of guanidine groups is 2. The van der Waals surface area contributed by atoms with E-state index in [4.69, 9.17) is 22.3 Å². The molecule has 0 aliphatic carbocycles. The molecule has 12 amide bonds. The molecule has 22 N–H and O–H groups in total. The van der Waals surface area contributed by atoms with Gasteiger partial charge in [-0.3, -0.25) is 68.4 Å². The number of fused-ring (bicyclic) bond motifs is 6. The Labute approximate surface area is 656 Å². The number of aromatic nitrogens is 6. The number of nitrogens with two attached hydrogens (primary N) is 2. The number of H-pyrrole nitrogens is 4. The molecule has 36 nitrogen and oxygen atoms in total. The minimum Gasteiger partial charge on any atom is -0.370 e. The average molecular weight is 1590 g/mol. The van der Waals surface area contributed by atoms with E-state index in [-0.39, 0.29) is 89.2 Å². The Morgan fingerprint density at radius 1 is 0.434 bits per heavy atom. The highest BCUT2D eigenvalue weighted by atomic mass is 33.1. The first-order valence-electron chi connectivity index (χ1n) is 36.5. The molecular weight excluding hydrogens is 1490 g/mol. The minimum absolute atomic E-state index is 0.0417. The molecule has 2 bridgehead atoms. The van der Waals surface area contributed by atoms with Gasteiger partial charge in [0.1, 0.15) is 54.4 Å². The zero-order valence-electron chi connectivity index (χ0n) is 61.9. The highest BCUT2D eigenvalue weighted by Crippen LogP contribution is 2.29. The van der Waals surface area contributed by atoms with Gasteiger partial charge in [-0.25, -0.2) is 9.97 Å². The van der Waals surface area contributed by atoms with Crippen molar-refractivity contribution in [2.24, 2.45) is 11.5 Å². The summed E-state index contributed by atoms with van der Waals surface area (Å²) in [5.74, 6) is -12.3. The van der Waals surface area contributed by atoms with Crippen LogP contribution in [0.15, 0.2) is 147 Å². The van der Waals surface area contributed by atoms with Crippen LogP contribution in [0.2, 0.25) is 0 Å². The summed E-state index contributed by atoms with van der Waals surface area (Å²) < 4.78 is 0. The highest BCUT2D eigenvalue weighted by molar-refractivity contribution is 8.77. The van der Waals surface area contributed by atoms with Crippen LogP contribution in [-0.2, 0) is 96.1 Å². The lowest BCUT2D eigenvalue weighted by Gasteiger charge is -2.30. The van der Waals surface area contributed by atoms with Crippen molar-refractivity contribution in [2.75, 3.05) is 46.0 Å². The minimum atomic E-state index is -1.77. The first-order chi connectivity index (χ1) is 54.4. The van der Waals surface area contributed by atoms with Crippen LogP contribution in [0.1, 0.15) is 59.3 Å². The second-order valence-corrected chi connectivity index (χ2v) is 29.8. The van der Waals surface area contributed by atoms with E-state index in [9.17, 15) is 19.2 Å². The molecule has 2 fully saturated rings. The van der Waals surface area contributed by atoms with Crippen molar-refractivity contribution in [1.82, 2.24) is 104 Å². The maximum absolute atomic E-state index is 15.7. The number of hydrogen-bond acceptors (Lipinski definition) is 18. The number of benzene rings is 4. The molecule has 2 aliphatic rings. The van der Waals surface area contributed by atoms with Gasteiger partial charge in [0, 0.05) is 118 Å². The zero-order valence-corrected chi connectivity index (χ0v) is 63.5. The van der Waals surface area contributed by atoms with Crippen molar-refractivity contribution in [2.45, 2.75) is 124 Å². The Balaban J connectivity index is 1.09. The van der Waals surface area contributed by atoms with Gasteiger partial charge in [0.15, 0.2) is 17.3 Å². The van der Waals surface area contributed by atoms with Gasteiger partial charge in [0.05, 0.1) is 37.1 Å². The molecular formula is C75H92N24O12S2. The van der Waals surface area contributed by atoms with Crippen molar-refractivity contribution >= 4 is 126 Å². The molecule has 4 aromatic heterocycles. The summed E-state index contributed by atoms with van der Waals surface area (Å²) in [7, 11) is 3.94. The molecule has 0 spiro atoms. The summed E-state index contributed by atoms with van der Waals surface area (Å²) >= 11 is 0. The van der Waals surface area contributed by atoms with Crippen molar-refractivity contribution in [1.29, 1.82) is 10.8 Å². The summed E-state index contributed by atoms with van der Waals surface area (Å²) in [6.07, 6.45) is 7.42. The Morgan fingerprint density at radius 3 is 1.21 bits per heavy atom. The normalized spacial score (nSPS) is 22.3. The van der Waals surface area contributed by atoms with Crippen LogP contribution < -0.4 is 75.3 Å². The number of nitrogens with zero attached hydrogens (tertiary/aromatic N) is 4. The van der Waals surface area contributed by atoms with Crippen molar-refractivity contribution in [3.05, 3.63) is 180 Å². The molecule has 10 rings (SSSR count). The predicted molar refractivity (Wildman–Crippen MR) is 422 cm³/mol. The van der Waals surface area contributed by atoms with Crippen LogP contribution in [0, 0.1) is 10.8 Å². The SMILES string of the molecule is CN1CC(=O)N[C@@H](Cc2c[nH]cn2)C(=O)N[C@H](Cc2ccccc2)C(=O)N[C@@H](CCCNC(=N)N)C(=O)N[C@@H](Cc2c[nH]c3ccccc23)C(=O)N[C@H]2SSC[C@H](NC(=O)[C@H](Cc3c[nH]c4ccccc34)NC(=O)[C@H](CCCNC(=N)N)NC(=O)[C@@H](Cc3ccccc3)NC(=O)[C@H](Cc3c[nH]cn3)NC(=O)CN(C)C2=O)C1=O. The molecule has 10 atom stereocenters. The van der Waals surface area contributed by atoms with E-state index < -0.39 is 149 Å². The average Bonchev–Trinajstić information content (AvgIpc) is 1.69. The molecule has 0 saturated carbocycles.